The Labute approximate surface area is 94.6 Å². The van der Waals surface area contributed by atoms with Gasteiger partial charge in [0.1, 0.15) is 5.69 Å². The molecule has 0 saturated heterocycles. The van der Waals surface area contributed by atoms with Crippen LogP contribution < -0.4 is 5.32 Å². The van der Waals surface area contributed by atoms with Crippen LogP contribution in [0.5, 0.6) is 0 Å². The van der Waals surface area contributed by atoms with E-state index in [9.17, 15) is 9.90 Å². The largest absolute Gasteiger partial charge is 0.387 e. The lowest BCUT2D eigenvalue weighted by Crippen LogP contribution is -2.47. The average Bonchev–Trinajstić information content (AvgIpc) is 2.64. The van der Waals surface area contributed by atoms with Crippen LogP contribution in [0.1, 0.15) is 17.4 Å². The highest BCUT2D eigenvalue weighted by molar-refractivity contribution is 5.92. The molecule has 3 N–H and O–H groups in total. The van der Waals surface area contributed by atoms with Gasteiger partial charge in [0, 0.05) is 19.3 Å². The van der Waals surface area contributed by atoms with Crippen molar-refractivity contribution in [3.63, 3.8) is 0 Å². The van der Waals surface area contributed by atoms with Crippen molar-refractivity contribution in [2.45, 2.75) is 12.5 Å². The number of carbonyl (C=O) groups is 1. The van der Waals surface area contributed by atoms with Gasteiger partial charge in [-0.3, -0.25) is 9.89 Å². The first-order valence-corrected chi connectivity index (χ1v) is 5.05. The lowest BCUT2D eigenvalue weighted by atomic mass is 10.1. The van der Waals surface area contributed by atoms with E-state index in [0.717, 1.165) is 0 Å². The first kappa shape index (κ1) is 12.7. The monoisotopic (exact) mass is 226 g/mol. The van der Waals surface area contributed by atoms with Crippen LogP contribution in [-0.2, 0) is 0 Å². The van der Waals surface area contributed by atoms with E-state index in [0.29, 0.717) is 12.2 Å². The van der Waals surface area contributed by atoms with Crippen LogP contribution in [0.25, 0.3) is 0 Å². The minimum absolute atomic E-state index is 0.197. The molecule has 1 unspecified atom stereocenters. The summed E-state index contributed by atoms with van der Waals surface area (Å²) in [5.41, 5.74) is -0.556. The minimum Gasteiger partial charge on any atom is -0.387 e. The minimum atomic E-state index is -0.945. The van der Waals surface area contributed by atoms with E-state index in [2.05, 4.69) is 15.5 Å². The molecule has 0 spiro atoms. The van der Waals surface area contributed by atoms with Crippen LogP contribution >= 0.6 is 0 Å². The molecule has 0 radical (unpaired) electrons. The average molecular weight is 226 g/mol. The summed E-state index contributed by atoms with van der Waals surface area (Å²) in [5, 5.41) is 18.8. The first-order chi connectivity index (χ1) is 7.41. The van der Waals surface area contributed by atoms with Crippen molar-refractivity contribution < 1.29 is 9.90 Å². The van der Waals surface area contributed by atoms with Crippen LogP contribution in [-0.4, -0.2) is 58.9 Å². The molecular weight excluding hydrogens is 208 g/mol. The molecule has 0 aliphatic heterocycles. The molecule has 0 fully saturated rings. The fourth-order valence-electron chi connectivity index (χ4n) is 1.49. The van der Waals surface area contributed by atoms with Gasteiger partial charge in [-0.25, -0.2) is 0 Å². The van der Waals surface area contributed by atoms with Crippen LogP contribution in [0.15, 0.2) is 12.3 Å². The third kappa shape index (κ3) is 4.00. The highest BCUT2D eigenvalue weighted by atomic mass is 16.3. The molecular formula is C10H18N4O2. The topological polar surface area (TPSA) is 81.2 Å². The summed E-state index contributed by atoms with van der Waals surface area (Å²) in [7, 11) is 3.73. The molecule has 1 aromatic heterocycles. The van der Waals surface area contributed by atoms with Crippen LogP contribution in [0.3, 0.4) is 0 Å². The summed E-state index contributed by atoms with van der Waals surface area (Å²) in [6.45, 7) is 2.36. The van der Waals surface area contributed by atoms with Crippen molar-refractivity contribution >= 4 is 5.91 Å². The maximum absolute atomic E-state index is 11.5. The van der Waals surface area contributed by atoms with Crippen molar-refractivity contribution in [2.75, 3.05) is 27.2 Å². The molecule has 0 aliphatic rings. The third-order valence-electron chi connectivity index (χ3n) is 2.03. The van der Waals surface area contributed by atoms with Gasteiger partial charge in [-0.05, 0) is 27.1 Å². The molecule has 6 nitrogen and oxygen atoms in total. The zero-order valence-corrected chi connectivity index (χ0v) is 9.82. The molecule has 1 rings (SSSR count). The van der Waals surface area contributed by atoms with E-state index in [4.69, 9.17) is 0 Å². The predicted molar refractivity (Wildman–Crippen MR) is 60.1 cm³/mol. The second kappa shape index (κ2) is 5.09. The maximum atomic E-state index is 11.5. The number of rotatable bonds is 5. The molecule has 1 aromatic rings. The Bertz CT molecular complexity index is 333. The van der Waals surface area contributed by atoms with Crippen molar-refractivity contribution in [3.05, 3.63) is 18.0 Å². The maximum Gasteiger partial charge on any atom is 0.269 e. The second-order valence-electron chi connectivity index (χ2n) is 4.39. The number of H-pyrrole nitrogens is 1. The number of hydrogen-bond acceptors (Lipinski definition) is 4. The van der Waals surface area contributed by atoms with E-state index in [-0.39, 0.29) is 12.5 Å². The van der Waals surface area contributed by atoms with Gasteiger partial charge in [-0.15, -0.1) is 0 Å². The summed E-state index contributed by atoms with van der Waals surface area (Å²) in [4.78, 5) is 13.4. The molecule has 0 saturated carbocycles. The molecule has 1 amide bonds. The van der Waals surface area contributed by atoms with Gasteiger partial charge in [0.15, 0.2) is 0 Å². The van der Waals surface area contributed by atoms with Gasteiger partial charge in [0.25, 0.3) is 5.91 Å². The number of aromatic amines is 1. The number of nitrogens with zero attached hydrogens (tertiary/aromatic N) is 2. The van der Waals surface area contributed by atoms with Crippen molar-refractivity contribution in [3.8, 4) is 0 Å². The predicted octanol–water partition coefficient (Wildman–Crippen LogP) is -0.548. The van der Waals surface area contributed by atoms with Gasteiger partial charge >= 0.3 is 0 Å². The summed E-state index contributed by atoms with van der Waals surface area (Å²) in [6, 6.07) is 1.58. The van der Waals surface area contributed by atoms with E-state index in [1.54, 1.807) is 13.0 Å². The summed E-state index contributed by atoms with van der Waals surface area (Å²) in [6.07, 6.45) is 1.51. The molecule has 1 atom stereocenters. The molecule has 16 heavy (non-hydrogen) atoms. The number of likely N-dealkylation sites (N-methyl/N-ethyl adjacent to an activating group) is 1. The molecule has 0 bridgehead atoms. The Balaban J connectivity index is 2.42. The lowest BCUT2D eigenvalue weighted by molar-refractivity contribution is 0.0325. The van der Waals surface area contributed by atoms with E-state index >= 15 is 0 Å². The number of aromatic nitrogens is 2. The number of hydrogen-bond donors (Lipinski definition) is 3. The second-order valence-corrected chi connectivity index (χ2v) is 4.39. The highest BCUT2D eigenvalue weighted by Gasteiger charge is 2.22. The fourth-order valence-corrected chi connectivity index (χ4v) is 1.49. The Morgan fingerprint density at radius 1 is 1.69 bits per heavy atom. The molecule has 0 aliphatic carbocycles. The Hall–Kier alpha value is -1.40. The van der Waals surface area contributed by atoms with Crippen molar-refractivity contribution in [2.24, 2.45) is 0 Å². The molecule has 0 aromatic carbocycles. The zero-order valence-electron chi connectivity index (χ0n) is 9.82. The van der Waals surface area contributed by atoms with Crippen LogP contribution in [0.4, 0.5) is 0 Å². The molecule has 1 heterocycles. The Kier molecular flexibility index (Phi) is 4.03. The smallest absolute Gasteiger partial charge is 0.269 e. The normalized spacial score (nSPS) is 14.8. The third-order valence-corrected chi connectivity index (χ3v) is 2.03. The molecule has 6 heteroatoms. The van der Waals surface area contributed by atoms with Crippen molar-refractivity contribution in [1.29, 1.82) is 0 Å². The van der Waals surface area contributed by atoms with Gasteiger partial charge in [-0.2, -0.15) is 5.10 Å². The number of amides is 1. The van der Waals surface area contributed by atoms with Crippen LogP contribution in [0, 0.1) is 0 Å². The van der Waals surface area contributed by atoms with E-state index in [1.165, 1.54) is 6.20 Å². The number of carbonyl (C=O) groups excluding carboxylic acids is 1. The Morgan fingerprint density at radius 3 is 2.88 bits per heavy atom. The van der Waals surface area contributed by atoms with Crippen LogP contribution in [0.2, 0.25) is 0 Å². The van der Waals surface area contributed by atoms with Gasteiger partial charge < -0.3 is 15.3 Å². The first-order valence-electron chi connectivity index (χ1n) is 5.05. The number of nitrogens with one attached hydrogen (secondary N) is 2. The summed E-state index contributed by atoms with van der Waals surface area (Å²) in [5.74, 6) is -0.267. The fraction of sp³-hybridized carbons (Fsp3) is 0.600. The van der Waals surface area contributed by atoms with Crippen molar-refractivity contribution in [1.82, 2.24) is 20.4 Å². The highest BCUT2D eigenvalue weighted by Crippen LogP contribution is 2.03. The lowest BCUT2D eigenvalue weighted by Gasteiger charge is -2.26. The quantitative estimate of drug-likeness (QED) is 0.629. The zero-order chi connectivity index (χ0) is 12.2. The standard InChI is InChI=1S/C10H18N4O2/c1-10(16,7-14(2)3)6-11-9(15)8-4-5-12-13-8/h4-5,16H,6-7H2,1-3H3,(H,11,15)(H,12,13). The molecule has 90 valence electrons. The Morgan fingerprint density at radius 2 is 2.38 bits per heavy atom. The van der Waals surface area contributed by atoms with Gasteiger partial charge in [-0.1, -0.05) is 0 Å². The number of aliphatic hydroxyl groups is 1. The van der Waals surface area contributed by atoms with E-state index in [1.807, 2.05) is 19.0 Å². The van der Waals surface area contributed by atoms with Gasteiger partial charge in [0.05, 0.1) is 5.60 Å². The SMILES string of the molecule is CN(C)CC(C)(O)CNC(=O)c1ccn[nH]1. The van der Waals surface area contributed by atoms with Gasteiger partial charge in [0.2, 0.25) is 0 Å². The summed E-state index contributed by atoms with van der Waals surface area (Å²) < 4.78 is 0. The van der Waals surface area contributed by atoms with E-state index < -0.39 is 5.60 Å². The summed E-state index contributed by atoms with van der Waals surface area (Å²) >= 11 is 0.